The maximum absolute atomic E-state index is 5.17. The van der Waals surface area contributed by atoms with Gasteiger partial charge in [-0.1, -0.05) is 22.5 Å². The molecule has 0 aromatic heterocycles. The molecule has 1 aliphatic heterocycles. The minimum absolute atomic E-state index is 0.223. The summed E-state index contributed by atoms with van der Waals surface area (Å²) in [5.41, 5.74) is 0. The molecule has 0 N–H and O–H groups in total. The molecular formula is C6H9BrO2. The lowest BCUT2D eigenvalue weighted by Gasteiger charge is -2.21. The van der Waals surface area contributed by atoms with Gasteiger partial charge in [-0.2, -0.15) is 0 Å². The van der Waals surface area contributed by atoms with Gasteiger partial charge < -0.3 is 9.47 Å². The second kappa shape index (κ2) is 3.34. The molecule has 1 saturated heterocycles. The topological polar surface area (TPSA) is 18.5 Å². The fraction of sp³-hybridized carbons (Fsp3) is 0.667. The van der Waals surface area contributed by atoms with E-state index in [4.69, 9.17) is 9.47 Å². The molecule has 0 aromatic rings. The van der Waals surface area contributed by atoms with Crippen molar-refractivity contribution in [2.24, 2.45) is 0 Å². The van der Waals surface area contributed by atoms with E-state index < -0.39 is 0 Å². The molecule has 0 saturated carbocycles. The highest BCUT2D eigenvalue weighted by atomic mass is 79.9. The van der Waals surface area contributed by atoms with Crippen LogP contribution < -0.4 is 0 Å². The van der Waals surface area contributed by atoms with E-state index >= 15 is 0 Å². The van der Waals surface area contributed by atoms with Crippen molar-refractivity contribution in [3.05, 3.63) is 11.1 Å². The van der Waals surface area contributed by atoms with Crippen LogP contribution in [0.5, 0.6) is 0 Å². The van der Waals surface area contributed by atoms with Crippen molar-refractivity contribution < 1.29 is 9.47 Å². The minimum atomic E-state index is -0.223. The second-order valence-electron chi connectivity index (χ2n) is 1.87. The van der Waals surface area contributed by atoms with Gasteiger partial charge in [-0.3, -0.25) is 0 Å². The Morgan fingerprint density at radius 1 is 1.44 bits per heavy atom. The van der Waals surface area contributed by atoms with Gasteiger partial charge in [0.1, 0.15) is 0 Å². The van der Waals surface area contributed by atoms with Crippen LogP contribution in [0.15, 0.2) is 11.1 Å². The van der Waals surface area contributed by atoms with Crippen molar-refractivity contribution in [1.29, 1.82) is 0 Å². The van der Waals surface area contributed by atoms with Crippen LogP contribution in [0.3, 0.4) is 0 Å². The van der Waals surface area contributed by atoms with E-state index in [1.807, 2.05) is 0 Å². The number of hydrogen-bond acceptors (Lipinski definition) is 2. The first-order valence-corrected chi connectivity index (χ1v) is 3.67. The number of hydrogen-bond donors (Lipinski definition) is 0. The predicted octanol–water partition coefficient (Wildman–Crippen LogP) is 1.66. The summed E-state index contributed by atoms with van der Waals surface area (Å²) >= 11 is 3.19. The summed E-state index contributed by atoms with van der Waals surface area (Å²) in [6, 6.07) is 0. The van der Waals surface area contributed by atoms with Gasteiger partial charge >= 0.3 is 0 Å². The lowest BCUT2D eigenvalue weighted by molar-refractivity contribution is -0.151. The van der Waals surface area contributed by atoms with Gasteiger partial charge in [0.25, 0.3) is 0 Å². The van der Waals surface area contributed by atoms with Crippen molar-refractivity contribution in [3.63, 3.8) is 0 Å². The maximum atomic E-state index is 5.17. The van der Waals surface area contributed by atoms with Crippen LogP contribution in [-0.4, -0.2) is 19.5 Å². The summed E-state index contributed by atoms with van der Waals surface area (Å²) in [4.78, 5) is 0. The van der Waals surface area contributed by atoms with Crippen LogP contribution >= 0.6 is 15.9 Å². The Bertz CT molecular complexity index is 108. The van der Waals surface area contributed by atoms with Crippen molar-refractivity contribution in [2.75, 3.05) is 13.2 Å². The standard InChI is InChI=1S/C6H9BrO2/c1-5(7)6-8-3-2-4-9-6/h6H,1-4H2. The first kappa shape index (κ1) is 7.25. The molecule has 0 aromatic carbocycles. The molecule has 0 aliphatic carbocycles. The first-order chi connectivity index (χ1) is 4.30. The van der Waals surface area contributed by atoms with E-state index in [-0.39, 0.29) is 6.29 Å². The normalized spacial score (nSPS) is 21.9. The van der Waals surface area contributed by atoms with Gasteiger partial charge in [0.05, 0.1) is 13.2 Å². The Morgan fingerprint density at radius 3 is 2.33 bits per heavy atom. The third kappa shape index (κ3) is 2.08. The molecule has 1 rings (SSSR count). The molecule has 52 valence electrons. The molecule has 3 heteroatoms. The third-order valence-electron chi connectivity index (χ3n) is 1.08. The van der Waals surface area contributed by atoms with Crippen LogP contribution in [0.4, 0.5) is 0 Å². The van der Waals surface area contributed by atoms with Crippen LogP contribution in [-0.2, 0) is 9.47 Å². The van der Waals surface area contributed by atoms with E-state index in [9.17, 15) is 0 Å². The van der Waals surface area contributed by atoms with Crippen molar-refractivity contribution in [1.82, 2.24) is 0 Å². The van der Waals surface area contributed by atoms with Crippen molar-refractivity contribution in [3.8, 4) is 0 Å². The molecule has 0 spiro atoms. The van der Waals surface area contributed by atoms with E-state index in [2.05, 4.69) is 22.5 Å². The van der Waals surface area contributed by atoms with E-state index in [0.717, 1.165) is 24.1 Å². The maximum Gasteiger partial charge on any atom is 0.189 e. The fourth-order valence-electron chi connectivity index (χ4n) is 0.669. The van der Waals surface area contributed by atoms with Crippen LogP contribution in [0.2, 0.25) is 0 Å². The van der Waals surface area contributed by atoms with Gasteiger partial charge in [-0.25, -0.2) is 0 Å². The lowest BCUT2D eigenvalue weighted by Crippen LogP contribution is -2.24. The molecule has 1 aliphatic rings. The van der Waals surface area contributed by atoms with Gasteiger partial charge in [-0.15, -0.1) is 0 Å². The highest BCUT2D eigenvalue weighted by Crippen LogP contribution is 2.16. The predicted molar refractivity (Wildman–Crippen MR) is 38.4 cm³/mol. The van der Waals surface area contributed by atoms with E-state index in [1.165, 1.54) is 0 Å². The Kier molecular flexibility index (Phi) is 2.69. The quantitative estimate of drug-likeness (QED) is 0.630. The largest absolute Gasteiger partial charge is 0.348 e. The third-order valence-corrected chi connectivity index (χ3v) is 1.46. The Morgan fingerprint density at radius 2 is 2.00 bits per heavy atom. The number of halogens is 1. The van der Waals surface area contributed by atoms with E-state index in [0.29, 0.717) is 0 Å². The summed E-state index contributed by atoms with van der Waals surface area (Å²) in [5, 5.41) is 0. The SMILES string of the molecule is C=C(Br)C1OCCCO1. The van der Waals surface area contributed by atoms with Gasteiger partial charge in [0.15, 0.2) is 6.29 Å². The molecule has 0 unspecified atom stereocenters. The molecule has 1 heterocycles. The molecular weight excluding hydrogens is 184 g/mol. The van der Waals surface area contributed by atoms with Gasteiger partial charge in [0.2, 0.25) is 0 Å². The molecule has 0 atom stereocenters. The van der Waals surface area contributed by atoms with Crippen molar-refractivity contribution in [2.45, 2.75) is 12.7 Å². The average Bonchev–Trinajstić information content (AvgIpc) is 1.90. The molecule has 0 amide bonds. The smallest absolute Gasteiger partial charge is 0.189 e. The van der Waals surface area contributed by atoms with Gasteiger partial charge in [-0.05, 0) is 6.42 Å². The Balaban J connectivity index is 2.31. The van der Waals surface area contributed by atoms with Gasteiger partial charge in [0, 0.05) is 4.48 Å². The van der Waals surface area contributed by atoms with Crippen LogP contribution in [0, 0.1) is 0 Å². The molecule has 1 fully saturated rings. The summed E-state index contributed by atoms with van der Waals surface area (Å²) in [6.45, 7) is 5.19. The second-order valence-corrected chi connectivity index (χ2v) is 2.89. The van der Waals surface area contributed by atoms with Crippen molar-refractivity contribution >= 4 is 15.9 Å². The Labute approximate surface area is 63.0 Å². The molecule has 9 heavy (non-hydrogen) atoms. The highest BCUT2D eigenvalue weighted by Gasteiger charge is 2.14. The summed E-state index contributed by atoms with van der Waals surface area (Å²) < 4.78 is 11.1. The fourth-order valence-corrected chi connectivity index (χ4v) is 0.933. The molecule has 0 bridgehead atoms. The number of ether oxygens (including phenoxy) is 2. The van der Waals surface area contributed by atoms with Crippen LogP contribution in [0.1, 0.15) is 6.42 Å². The Hall–Kier alpha value is 0.140. The zero-order valence-corrected chi connectivity index (χ0v) is 6.69. The highest BCUT2D eigenvalue weighted by molar-refractivity contribution is 9.11. The number of rotatable bonds is 1. The zero-order chi connectivity index (χ0) is 6.69. The molecule has 0 radical (unpaired) electrons. The van der Waals surface area contributed by atoms with Crippen LogP contribution in [0.25, 0.3) is 0 Å². The monoisotopic (exact) mass is 192 g/mol. The molecule has 2 nitrogen and oxygen atoms in total. The van der Waals surface area contributed by atoms with E-state index in [1.54, 1.807) is 0 Å². The summed E-state index contributed by atoms with van der Waals surface area (Å²) in [7, 11) is 0. The average molecular weight is 193 g/mol. The summed E-state index contributed by atoms with van der Waals surface area (Å²) in [5.74, 6) is 0. The zero-order valence-electron chi connectivity index (χ0n) is 5.10. The lowest BCUT2D eigenvalue weighted by atomic mass is 10.4. The first-order valence-electron chi connectivity index (χ1n) is 2.88. The minimum Gasteiger partial charge on any atom is -0.348 e. The summed E-state index contributed by atoms with van der Waals surface area (Å²) in [6.07, 6.45) is 0.760.